The van der Waals surface area contributed by atoms with Crippen molar-refractivity contribution in [3.8, 4) is 0 Å². The molecule has 0 aliphatic carbocycles. The summed E-state index contributed by atoms with van der Waals surface area (Å²) in [4.78, 5) is 0. The van der Waals surface area contributed by atoms with Crippen LogP contribution in [0.1, 0.15) is 11.1 Å². The fraction of sp³-hybridized carbons (Fsp3) is 0.143. The van der Waals surface area contributed by atoms with E-state index >= 15 is 0 Å². The summed E-state index contributed by atoms with van der Waals surface area (Å²) in [5.41, 5.74) is 2.99. The van der Waals surface area contributed by atoms with Gasteiger partial charge < -0.3 is 0 Å². The molecule has 90 valence electrons. The summed E-state index contributed by atoms with van der Waals surface area (Å²) in [6.45, 7) is 0. The van der Waals surface area contributed by atoms with Gasteiger partial charge >= 0.3 is 100 Å². The van der Waals surface area contributed by atoms with E-state index in [4.69, 9.17) is 0 Å². The van der Waals surface area contributed by atoms with Crippen LogP contribution in [0.15, 0.2) is 60.7 Å². The number of benzene rings is 2. The normalized spacial score (nSPS) is 8.71. The zero-order chi connectivity index (χ0) is 10.3. The van der Waals surface area contributed by atoms with Crippen LogP contribution in [-0.4, -0.2) is 0 Å². The molecule has 0 amide bonds. The third kappa shape index (κ3) is 6.56. The molecular formula is C14H16Br2Ti. The maximum atomic E-state index is 2.23. The first-order valence-corrected chi connectivity index (χ1v) is 7.44. The van der Waals surface area contributed by atoms with Crippen LogP contribution < -0.4 is 0 Å². The molecule has 2 aromatic rings. The van der Waals surface area contributed by atoms with Crippen LogP contribution in [0.5, 0.6) is 0 Å². The first-order chi connectivity index (χ1) is 7.45. The zero-order valence-electron chi connectivity index (χ0n) is 9.50. The monoisotopic (exact) mass is 390 g/mol. The first-order valence-electron chi connectivity index (χ1n) is 5.24. The zero-order valence-corrected chi connectivity index (χ0v) is 14.5. The Balaban J connectivity index is 0.00000128. The second-order valence-electron chi connectivity index (χ2n) is 3.57. The van der Waals surface area contributed by atoms with Crippen LogP contribution in [0.4, 0.5) is 0 Å². The molecule has 0 nitrogen and oxygen atoms in total. The summed E-state index contributed by atoms with van der Waals surface area (Å²) >= 11 is 0.136. The molecule has 0 unspecified atom stereocenters. The van der Waals surface area contributed by atoms with Crippen molar-refractivity contribution in [1.29, 1.82) is 0 Å². The van der Waals surface area contributed by atoms with Gasteiger partial charge in [-0.15, -0.1) is 34.0 Å². The minimum atomic E-state index is 0. The van der Waals surface area contributed by atoms with Gasteiger partial charge in [0, 0.05) is 0 Å². The molecule has 0 aromatic heterocycles. The molecule has 2 aromatic carbocycles. The van der Waals surface area contributed by atoms with Crippen molar-refractivity contribution in [3.05, 3.63) is 71.8 Å². The quantitative estimate of drug-likeness (QED) is 0.667. The summed E-state index contributed by atoms with van der Waals surface area (Å²) in [6, 6.07) is 21.6. The Labute approximate surface area is 133 Å². The maximum absolute atomic E-state index is 2.23. The van der Waals surface area contributed by atoms with Crippen molar-refractivity contribution in [2.45, 2.75) is 9.45 Å². The van der Waals surface area contributed by atoms with E-state index in [1.54, 1.807) is 0 Å². The molecule has 0 aliphatic heterocycles. The van der Waals surface area contributed by atoms with Crippen molar-refractivity contribution in [2.75, 3.05) is 0 Å². The molecule has 0 spiro atoms. The van der Waals surface area contributed by atoms with Gasteiger partial charge in [-0.05, 0) is 0 Å². The van der Waals surface area contributed by atoms with Crippen LogP contribution >= 0.6 is 34.0 Å². The van der Waals surface area contributed by atoms with Crippen molar-refractivity contribution in [1.82, 2.24) is 0 Å². The van der Waals surface area contributed by atoms with Gasteiger partial charge in [0.25, 0.3) is 0 Å². The molecule has 0 aliphatic rings. The third-order valence-corrected chi connectivity index (χ3v) is 4.40. The van der Waals surface area contributed by atoms with Gasteiger partial charge in [0.2, 0.25) is 0 Å². The van der Waals surface area contributed by atoms with E-state index in [1.165, 1.54) is 20.6 Å². The Morgan fingerprint density at radius 2 is 0.941 bits per heavy atom. The molecule has 0 saturated heterocycles. The standard InChI is InChI=1S/2C7H7.2BrH.Ti/c2*1-7-5-3-2-4-6-7;;;/h2*2-6H,1H2;2*1H;. The predicted molar refractivity (Wildman–Crippen MR) is 80.9 cm³/mol. The molecule has 0 saturated carbocycles. The molecule has 0 fully saturated rings. The van der Waals surface area contributed by atoms with E-state index in [2.05, 4.69) is 60.7 Å². The van der Waals surface area contributed by atoms with Crippen molar-refractivity contribution in [3.63, 3.8) is 0 Å². The molecule has 0 N–H and O–H groups in total. The number of halogens is 2. The van der Waals surface area contributed by atoms with Gasteiger partial charge in [0.05, 0.1) is 0 Å². The van der Waals surface area contributed by atoms with Crippen LogP contribution in [-0.2, 0) is 28.6 Å². The van der Waals surface area contributed by atoms with Crippen LogP contribution in [0.25, 0.3) is 0 Å². The second-order valence-corrected chi connectivity index (χ2v) is 5.46. The molecule has 2 rings (SSSR count). The number of hydrogen-bond acceptors (Lipinski definition) is 0. The van der Waals surface area contributed by atoms with Crippen LogP contribution in [0.2, 0.25) is 0 Å². The van der Waals surface area contributed by atoms with E-state index in [0.717, 1.165) is 0 Å². The summed E-state index contributed by atoms with van der Waals surface area (Å²) in [5.74, 6) is 0. The van der Waals surface area contributed by atoms with E-state index in [0.29, 0.717) is 0 Å². The Morgan fingerprint density at radius 1 is 0.588 bits per heavy atom. The van der Waals surface area contributed by atoms with E-state index in [-0.39, 0.29) is 53.1 Å². The average molecular weight is 392 g/mol. The van der Waals surface area contributed by atoms with Crippen LogP contribution in [0, 0.1) is 0 Å². The fourth-order valence-electron chi connectivity index (χ4n) is 1.54. The molecule has 0 bridgehead atoms. The van der Waals surface area contributed by atoms with E-state index in [9.17, 15) is 0 Å². The Kier molecular flexibility index (Phi) is 10.1. The summed E-state index contributed by atoms with van der Waals surface area (Å²) < 4.78 is 2.60. The molecule has 17 heavy (non-hydrogen) atoms. The summed E-state index contributed by atoms with van der Waals surface area (Å²) in [5, 5.41) is 0. The van der Waals surface area contributed by atoms with Crippen LogP contribution in [0.3, 0.4) is 0 Å². The molecular weight excluding hydrogens is 376 g/mol. The number of rotatable bonds is 4. The molecule has 0 atom stereocenters. The average Bonchev–Trinajstić information content (AvgIpc) is 2.32. The number of hydrogen-bond donors (Lipinski definition) is 0. The second kappa shape index (κ2) is 10.1. The summed E-state index contributed by atoms with van der Waals surface area (Å²) in [7, 11) is 0. The summed E-state index contributed by atoms with van der Waals surface area (Å²) in [6.07, 6.45) is 0. The van der Waals surface area contributed by atoms with Gasteiger partial charge in [0.1, 0.15) is 0 Å². The van der Waals surface area contributed by atoms with Gasteiger partial charge in [-0.3, -0.25) is 0 Å². The molecule has 0 radical (unpaired) electrons. The predicted octanol–water partition coefficient (Wildman–Crippen LogP) is 4.63. The topological polar surface area (TPSA) is 0 Å². The Morgan fingerprint density at radius 3 is 1.29 bits per heavy atom. The third-order valence-electron chi connectivity index (χ3n) is 2.34. The van der Waals surface area contributed by atoms with Gasteiger partial charge in [-0.2, -0.15) is 0 Å². The van der Waals surface area contributed by atoms with Crippen molar-refractivity contribution < 1.29 is 19.2 Å². The fourth-order valence-corrected chi connectivity index (χ4v) is 3.38. The first kappa shape index (κ1) is 17.1. The molecule has 0 heterocycles. The Bertz CT molecular complexity index is 350. The minimum absolute atomic E-state index is 0. The molecule has 3 heteroatoms. The van der Waals surface area contributed by atoms with E-state index < -0.39 is 0 Å². The van der Waals surface area contributed by atoms with Gasteiger partial charge in [-0.1, -0.05) is 0 Å². The SMILES string of the molecule is Br.Br.c1ccc([CH2][Ti][CH2]c2ccccc2)cc1. The Hall–Kier alpha value is 0.114. The van der Waals surface area contributed by atoms with Crippen molar-refractivity contribution in [2.24, 2.45) is 0 Å². The van der Waals surface area contributed by atoms with Gasteiger partial charge in [0.15, 0.2) is 0 Å². The van der Waals surface area contributed by atoms with Crippen molar-refractivity contribution >= 4 is 34.0 Å². The van der Waals surface area contributed by atoms with Gasteiger partial charge in [-0.25, -0.2) is 0 Å². The van der Waals surface area contributed by atoms with E-state index in [1.807, 2.05) is 0 Å².